The van der Waals surface area contributed by atoms with E-state index in [1.54, 1.807) is 24.2 Å². The van der Waals surface area contributed by atoms with E-state index in [0.717, 1.165) is 20.4 Å². The molecule has 0 aliphatic heterocycles. The molecule has 0 saturated heterocycles. The molecule has 2 nitrogen and oxygen atoms in total. The third-order valence-electron chi connectivity index (χ3n) is 2.14. The molecule has 0 atom stereocenters. The van der Waals surface area contributed by atoms with Crippen LogP contribution in [0.15, 0.2) is 52.5 Å². The van der Waals surface area contributed by atoms with Crippen LogP contribution in [0.4, 0.5) is 0 Å². The van der Waals surface area contributed by atoms with Crippen molar-refractivity contribution in [1.82, 2.24) is 4.98 Å². The van der Waals surface area contributed by atoms with Crippen LogP contribution in [-0.2, 0) is 6.54 Å². The Labute approximate surface area is 104 Å². The van der Waals surface area contributed by atoms with E-state index in [-0.39, 0.29) is 0 Å². The molecule has 1 heterocycles. The molecular weight excluding hydrogens is 240 g/mol. The Hall–Kier alpha value is -1.03. The predicted molar refractivity (Wildman–Crippen MR) is 67.7 cm³/mol. The summed E-state index contributed by atoms with van der Waals surface area (Å²) in [5.41, 5.74) is 6.75. The topological polar surface area (TPSA) is 38.9 Å². The molecule has 0 amide bonds. The van der Waals surface area contributed by atoms with Crippen molar-refractivity contribution in [1.29, 1.82) is 0 Å². The van der Waals surface area contributed by atoms with E-state index in [1.165, 1.54) is 0 Å². The van der Waals surface area contributed by atoms with Crippen molar-refractivity contribution in [3.05, 3.63) is 53.3 Å². The van der Waals surface area contributed by atoms with Crippen LogP contribution in [-0.4, -0.2) is 4.98 Å². The van der Waals surface area contributed by atoms with Crippen LogP contribution < -0.4 is 5.73 Å². The van der Waals surface area contributed by atoms with Gasteiger partial charge in [0.2, 0.25) is 0 Å². The molecule has 0 bridgehead atoms. The van der Waals surface area contributed by atoms with E-state index in [9.17, 15) is 0 Å². The smallest absolute Gasteiger partial charge is 0.0548 e. The second-order valence-electron chi connectivity index (χ2n) is 3.22. The maximum Gasteiger partial charge on any atom is 0.0548 e. The SMILES string of the molecule is NCc1cccc(Cl)c1Sc1ccncc1. The van der Waals surface area contributed by atoms with Crippen LogP contribution in [0.3, 0.4) is 0 Å². The summed E-state index contributed by atoms with van der Waals surface area (Å²) in [5.74, 6) is 0. The minimum atomic E-state index is 0.494. The zero-order valence-corrected chi connectivity index (χ0v) is 10.1. The van der Waals surface area contributed by atoms with Crippen molar-refractivity contribution in [2.24, 2.45) is 5.73 Å². The molecule has 0 fully saturated rings. The molecular formula is C12H11ClN2S. The largest absolute Gasteiger partial charge is 0.326 e. The van der Waals surface area contributed by atoms with Gasteiger partial charge >= 0.3 is 0 Å². The first kappa shape index (κ1) is 11.5. The molecule has 82 valence electrons. The van der Waals surface area contributed by atoms with E-state index in [2.05, 4.69) is 4.98 Å². The summed E-state index contributed by atoms with van der Waals surface area (Å²) in [7, 11) is 0. The van der Waals surface area contributed by atoms with Gasteiger partial charge in [-0.3, -0.25) is 4.98 Å². The van der Waals surface area contributed by atoms with Gasteiger partial charge in [0.05, 0.1) is 5.02 Å². The second-order valence-corrected chi connectivity index (χ2v) is 4.71. The molecule has 2 aromatic rings. The molecule has 16 heavy (non-hydrogen) atoms. The Morgan fingerprint density at radius 2 is 1.94 bits per heavy atom. The van der Waals surface area contributed by atoms with E-state index in [0.29, 0.717) is 6.54 Å². The van der Waals surface area contributed by atoms with Gasteiger partial charge in [0.15, 0.2) is 0 Å². The Bertz CT molecular complexity index is 474. The van der Waals surface area contributed by atoms with Gasteiger partial charge in [-0.25, -0.2) is 0 Å². The van der Waals surface area contributed by atoms with Gasteiger partial charge in [-0.15, -0.1) is 0 Å². The van der Waals surface area contributed by atoms with Gasteiger partial charge in [0.1, 0.15) is 0 Å². The lowest BCUT2D eigenvalue weighted by atomic mass is 10.2. The van der Waals surface area contributed by atoms with Crippen LogP contribution in [0.2, 0.25) is 5.02 Å². The van der Waals surface area contributed by atoms with E-state index in [4.69, 9.17) is 17.3 Å². The standard InChI is InChI=1S/C12H11ClN2S/c13-11-3-1-2-9(8-14)12(11)16-10-4-6-15-7-5-10/h1-7H,8,14H2. The molecule has 4 heteroatoms. The van der Waals surface area contributed by atoms with E-state index >= 15 is 0 Å². The summed E-state index contributed by atoms with van der Waals surface area (Å²) >= 11 is 7.78. The fourth-order valence-corrected chi connectivity index (χ4v) is 2.60. The van der Waals surface area contributed by atoms with Gasteiger partial charge < -0.3 is 5.73 Å². The Morgan fingerprint density at radius 3 is 2.62 bits per heavy atom. The van der Waals surface area contributed by atoms with E-state index in [1.807, 2.05) is 30.3 Å². The first-order valence-electron chi connectivity index (χ1n) is 4.86. The van der Waals surface area contributed by atoms with Gasteiger partial charge in [-0.1, -0.05) is 35.5 Å². The lowest BCUT2D eigenvalue weighted by Gasteiger charge is -2.08. The lowest BCUT2D eigenvalue weighted by molar-refractivity contribution is 1.03. The number of halogens is 1. The summed E-state index contributed by atoms with van der Waals surface area (Å²) in [6, 6.07) is 9.70. The predicted octanol–water partition coefficient (Wildman–Crippen LogP) is 3.34. The molecule has 0 saturated carbocycles. The summed E-state index contributed by atoms with van der Waals surface area (Å²) in [6.45, 7) is 0.494. The Balaban J connectivity index is 2.34. The van der Waals surface area contributed by atoms with Crippen molar-refractivity contribution in [3.63, 3.8) is 0 Å². The maximum absolute atomic E-state index is 6.17. The highest BCUT2D eigenvalue weighted by molar-refractivity contribution is 7.99. The Morgan fingerprint density at radius 1 is 1.19 bits per heavy atom. The summed E-state index contributed by atoms with van der Waals surface area (Å²) in [6.07, 6.45) is 3.53. The monoisotopic (exact) mass is 250 g/mol. The second kappa shape index (κ2) is 5.34. The minimum absolute atomic E-state index is 0.494. The highest BCUT2D eigenvalue weighted by Gasteiger charge is 2.07. The molecule has 2 rings (SSSR count). The van der Waals surface area contributed by atoms with Crippen LogP contribution in [0, 0.1) is 0 Å². The number of hydrogen-bond donors (Lipinski definition) is 1. The van der Waals surface area contributed by atoms with E-state index < -0.39 is 0 Å². The highest BCUT2D eigenvalue weighted by atomic mass is 35.5. The number of rotatable bonds is 3. The molecule has 0 aliphatic carbocycles. The summed E-state index contributed by atoms with van der Waals surface area (Å²) in [5, 5.41) is 0.741. The first-order valence-corrected chi connectivity index (χ1v) is 6.06. The van der Waals surface area contributed by atoms with Gasteiger partial charge in [-0.05, 0) is 23.8 Å². The third-order valence-corrected chi connectivity index (χ3v) is 3.76. The van der Waals surface area contributed by atoms with Crippen molar-refractivity contribution in [2.75, 3.05) is 0 Å². The average Bonchev–Trinajstić information content (AvgIpc) is 2.33. The fraction of sp³-hybridized carbons (Fsp3) is 0.0833. The summed E-state index contributed by atoms with van der Waals surface area (Å²) in [4.78, 5) is 6.12. The molecule has 0 aliphatic rings. The van der Waals surface area contributed by atoms with Crippen LogP contribution in [0.25, 0.3) is 0 Å². The maximum atomic E-state index is 6.17. The van der Waals surface area contributed by atoms with Gasteiger partial charge in [-0.2, -0.15) is 0 Å². The molecule has 2 N–H and O–H groups in total. The molecule has 0 radical (unpaired) electrons. The zero-order valence-electron chi connectivity index (χ0n) is 8.56. The number of nitrogens with two attached hydrogens (primary N) is 1. The number of pyridine rings is 1. The van der Waals surface area contributed by atoms with Crippen LogP contribution in [0.5, 0.6) is 0 Å². The minimum Gasteiger partial charge on any atom is -0.326 e. The van der Waals surface area contributed by atoms with Crippen molar-refractivity contribution in [3.8, 4) is 0 Å². The molecule has 1 aromatic carbocycles. The van der Waals surface area contributed by atoms with Gasteiger partial charge in [0.25, 0.3) is 0 Å². The Kier molecular flexibility index (Phi) is 3.83. The fourth-order valence-electron chi connectivity index (χ4n) is 1.35. The molecule has 1 aromatic heterocycles. The van der Waals surface area contributed by atoms with Crippen LogP contribution >= 0.6 is 23.4 Å². The zero-order chi connectivity index (χ0) is 11.4. The van der Waals surface area contributed by atoms with Crippen molar-refractivity contribution < 1.29 is 0 Å². The molecule has 0 spiro atoms. The normalized spacial score (nSPS) is 10.4. The first-order chi connectivity index (χ1) is 7.81. The highest BCUT2D eigenvalue weighted by Crippen LogP contribution is 2.35. The average molecular weight is 251 g/mol. The van der Waals surface area contributed by atoms with Crippen molar-refractivity contribution in [2.45, 2.75) is 16.3 Å². The lowest BCUT2D eigenvalue weighted by Crippen LogP contribution is -1.98. The van der Waals surface area contributed by atoms with Gasteiger partial charge in [0, 0.05) is 28.7 Å². The number of aromatic nitrogens is 1. The quantitative estimate of drug-likeness (QED) is 0.908. The van der Waals surface area contributed by atoms with Crippen LogP contribution in [0.1, 0.15) is 5.56 Å². The third kappa shape index (κ3) is 2.55. The number of benzene rings is 1. The van der Waals surface area contributed by atoms with Crippen molar-refractivity contribution >= 4 is 23.4 Å². The number of nitrogens with zero attached hydrogens (tertiary/aromatic N) is 1. The summed E-state index contributed by atoms with van der Waals surface area (Å²) < 4.78 is 0. The number of hydrogen-bond acceptors (Lipinski definition) is 3. The molecule has 0 unspecified atom stereocenters.